The fraction of sp³-hybridized carbons (Fsp3) is 0. The number of hydrogen-bond donors (Lipinski definition) is 2. The van der Waals surface area contributed by atoms with Gasteiger partial charge in [-0.2, -0.15) is 0 Å². The van der Waals surface area contributed by atoms with Crippen molar-refractivity contribution < 1.29 is 9.90 Å². The Morgan fingerprint density at radius 1 is 1.21 bits per heavy atom. The third-order valence-corrected chi connectivity index (χ3v) is 3.41. The molecule has 2 N–H and O–H groups in total. The molecule has 2 rings (SSSR count). The Morgan fingerprint density at radius 3 is 2.53 bits per heavy atom. The van der Waals surface area contributed by atoms with Crippen molar-refractivity contribution in [3.05, 3.63) is 51.2 Å². The molecule has 0 fully saturated rings. The number of carbonyl (C=O) groups excluding carboxylic acids is 1. The molecule has 0 unspecified atom stereocenters. The van der Waals surface area contributed by atoms with E-state index in [4.69, 9.17) is 34.8 Å². The van der Waals surface area contributed by atoms with Gasteiger partial charge in [0.2, 0.25) is 0 Å². The fourth-order valence-electron chi connectivity index (χ4n) is 1.35. The summed E-state index contributed by atoms with van der Waals surface area (Å²) in [5.41, 5.74) is 0.263. The number of rotatable bonds is 2. The van der Waals surface area contributed by atoms with Crippen molar-refractivity contribution in [3.8, 4) is 5.75 Å². The van der Waals surface area contributed by atoms with Gasteiger partial charge in [-0.25, -0.2) is 4.98 Å². The van der Waals surface area contributed by atoms with Gasteiger partial charge in [0.1, 0.15) is 16.6 Å². The van der Waals surface area contributed by atoms with Crippen molar-refractivity contribution in [1.82, 2.24) is 4.98 Å². The van der Waals surface area contributed by atoms with Crippen LogP contribution in [0.5, 0.6) is 5.75 Å². The molecule has 0 aliphatic carbocycles. The van der Waals surface area contributed by atoms with Gasteiger partial charge < -0.3 is 10.4 Å². The summed E-state index contributed by atoms with van der Waals surface area (Å²) in [5, 5.41) is 12.2. The minimum Gasteiger partial charge on any atom is -0.506 e. The number of carbonyl (C=O) groups is 1. The summed E-state index contributed by atoms with van der Waals surface area (Å²) in [5.74, 6) is -0.607. The summed E-state index contributed by atoms with van der Waals surface area (Å²) in [7, 11) is 0. The van der Waals surface area contributed by atoms with Gasteiger partial charge in [-0.15, -0.1) is 0 Å². The average Bonchev–Trinajstić information content (AvgIpc) is 2.38. The number of aromatic nitrogens is 1. The van der Waals surface area contributed by atoms with Crippen LogP contribution in [0.25, 0.3) is 0 Å². The van der Waals surface area contributed by atoms with Crippen LogP contribution < -0.4 is 5.32 Å². The molecule has 1 amide bonds. The standard InChI is InChI=1S/C12H7Cl3N2O2/c13-6-5-8(16-11(15)10(6)14)12(19)17-7-3-1-2-4-9(7)18/h1-5,18H,(H,17,19). The highest BCUT2D eigenvalue weighted by Crippen LogP contribution is 2.29. The molecule has 0 saturated heterocycles. The molecule has 7 heteroatoms. The van der Waals surface area contributed by atoms with E-state index in [2.05, 4.69) is 10.3 Å². The van der Waals surface area contributed by atoms with E-state index in [0.717, 1.165) is 0 Å². The summed E-state index contributed by atoms with van der Waals surface area (Å²) in [6, 6.07) is 7.60. The number of amides is 1. The van der Waals surface area contributed by atoms with Crippen molar-refractivity contribution >= 4 is 46.4 Å². The lowest BCUT2D eigenvalue weighted by Crippen LogP contribution is -2.14. The maximum Gasteiger partial charge on any atom is 0.274 e. The largest absolute Gasteiger partial charge is 0.506 e. The summed E-state index contributed by atoms with van der Waals surface area (Å²) >= 11 is 17.3. The number of nitrogens with one attached hydrogen (secondary N) is 1. The molecule has 19 heavy (non-hydrogen) atoms. The van der Waals surface area contributed by atoms with Gasteiger partial charge in [0.05, 0.1) is 15.7 Å². The highest BCUT2D eigenvalue weighted by molar-refractivity contribution is 6.47. The van der Waals surface area contributed by atoms with Crippen LogP contribution in [0, 0.1) is 0 Å². The monoisotopic (exact) mass is 316 g/mol. The normalized spacial score (nSPS) is 10.3. The first-order chi connectivity index (χ1) is 8.99. The van der Waals surface area contributed by atoms with Crippen LogP contribution >= 0.6 is 34.8 Å². The molecule has 1 aromatic carbocycles. The Balaban J connectivity index is 2.28. The molecule has 0 aliphatic heterocycles. The summed E-state index contributed by atoms with van der Waals surface area (Å²) in [6.07, 6.45) is 0. The lowest BCUT2D eigenvalue weighted by molar-refractivity contribution is 0.102. The van der Waals surface area contributed by atoms with E-state index in [-0.39, 0.29) is 32.3 Å². The molecule has 0 radical (unpaired) electrons. The van der Waals surface area contributed by atoms with Crippen LogP contribution in [-0.4, -0.2) is 16.0 Å². The van der Waals surface area contributed by atoms with E-state index in [1.54, 1.807) is 18.2 Å². The molecule has 98 valence electrons. The SMILES string of the molecule is O=C(Nc1ccccc1O)c1cc(Cl)c(Cl)c(Cl)n1. The maximum atomic E-state index is 11.9. The second kappa shape index (κ2) is 5.65. The minimum absolute atomic E-state index is 0.00246. The van der Waals surface area contributed by atoms with Gasteiger partial charge in [0.15, 0.2) is 0 Å². The van der Waals surface area contributed by atoms with E-state index in [1.165, 1.54) is 12.1 Å². The van der Waals surface area contributed by atoms with Crippen molar-refractivity contribution in [1.29, 1.82) is 0 Å². The van der Waals surface area contributed by atoms with Crippen molar-refractivity contribution in [2.24, 2.45) is 0 Å². The van der Waals surface area contributed by atoms with Crippen molar-refractivity contribution in [3.63, 3.8) is 0 Å². The first-order valence-electron chi connectivity index (χ1n) is 5.10. The first kappa shape index (κ1) is 13.9. The van der Waals surface area contributed by atoms with Crippen LogP contribution in [0.2, 0.25) is 15.2 Å². The van der Waals surface area contributed by atoms with Crippen LogP contribution in [-0.2, 0) is 0 Å². The van der Waals surface area contributed by atoms with Gasteiger partial charge in [0, 0.05) is 0 Å². The second-order valence-corrected chi connectivity index (χ2v) is 4.71. The van der Waals surface area contributed by atoms with Crippen LogP contribution in [0.4, 0.5) is 5.69 Å². The van der Waals surface area contributed by atoms with Crippen LogP contribution in [0.15, 0.2) is 30.3 Å². The molecule has 0 aliphatic rings. The average molecular weight is 318 g/mol. The summed E-state index contributed by atoms with van der Waals surface area (Å²) in [6.45, 7) is 0. The number of pyridine rings is 1. The molecule has 4 nitrogen and oxygen atoms in total. The summed E-state index contributed by atoms with van der Waals surface area (Å²) < 4.78 is 0. The number of phenolic OH excluding ortho intramolecular Hbond substituents is 1. The van der Waals surface area contributed by atoms with E-state index < -0.39 is 5.91 Å². The van der Waals surface area contributed by atoms with Crippen molar-refractivity contribution in [2.75, 3.05) is 5.32 Å². The fourth-order valence-corrected chi connectivity index (χ4v) is 1.88. The number of aromatic hydroxyl groups is 1. The number of halogens is 3. The Labute approximate surface area is 123 Å². The summed E-state index contributed by atoms with van der Waals surface area (Å²) in [4.78, 5) is 15.8. The molecule has 1 aromatic heterocycles. The Bertz CT molecular complexity index is 624. The number of anilines is 1. The maximum absolute atomic E-state index is 11.9. The van der Waals surface area contributed by atoms with Gasteiger partial charge in [-0.1, -0.05) is 46.9 Å². The highest BCUT2D eigenvalue weighted by atomic mass is 35.5. The van der Waals surface area contributed by atoms with Crippen molar-refractivity contribution in [2.45, 2.75) is 0 Å². The predicted molar refractivity (Wildman–Crippen MR) is 75.3 cm³/mol. The molecule has 0 spiro atoms. The third-order valence-electron chi connectivity index (χ3n) is 2.26. The molecular formula is C12H7Cl3N2O2. The van der Waals surface area contributed by atoms with E-state index in [1.807, 2.05) is 0 Å². The Morgan fingerprint density at radius 2 is 1.89 bits per heavy atom. The van der Waals surface area contributed by atoms with Gasteiger partial charge in [-0.3, -0.25) is 4.79 Å². The Kier molecular flexibility index (Phi) is 4.14. The quantitative estimate of drug-likeness (QED) is 0.650. The van der Waals surface area contributed by atoms with Gasteiger partial charge in [-0.05, 0) is 18.2 Å². The van der Waals surface area contributed by atoms with Crippen LogP contribution in [0.3, 0.4) is 0 Å². The lowest BCUT2D eigenvalue weighted by atomic mass is 10.2. The third kappa shape index (κ3) is 3.10. The molecular weight excluding hydrogens is 311 g/mol. The van der Waals surface area contributed by atoms with E-state index in [9.17, 15) is 9.90 Å². The molecule has 0 atom stereocenters. The number of phenols is 1. The highest BCUT2D eigenvalue weighted by Gasteiger charge is 2.14. The predicted octanol–water partition coefficient (Wildman–Crippen LogP) is 4.00. The molecule has 2 aromatic rings. The van der Waals surface area contributed by atoms with Gasteiger partial charge in [0.25, 0.3) is 5.91 Å². The molecule has 0 saturated carbocycles. The zero-order chi connectivity index (χ0) is 14.0. The second-order valence-electron chi connectivity index (χ2n) is 3.57. The molecule has 0 bridgehead atoms. The zero-order valence-electron chi connectivity index (χ0n) is 9.32. The zero-order valence-corrected chi connectivity index (χ0v) is 11.6. The number of para-hydroxylation sites is 2. The number of nitrogens with zero attached hydrogens (tertiary/aromatic N) is 1. The van der Waals surface area contributed by atoms with Gasteiger partial charge >= 0.3 is 0 Å². The van der Waals surface area contributed by atoms with E-state index in [0.29, 0.717) is 0 Å². The Hall–Kier alpha value is -1.49. The number of hydrogen-bond acceptors (Lipinski definition) is 3. The molecule has 1 heterocycles. The van der Waals surface area contributed by atoms with E-state index >= 15 is 0 Å². The van der Waals surface area contributed by atoms with Crippen LogP contribution in [0.1, 0.15) is 10.5 Å². The number of benzene rings is 1. The minimum atomic E-state index is -0.554. The first-order valence-corrected chi connectivity index (χ1v) is 6.23. The lowest BCUT2D eigenvalue weighted by Gasteiger charge is -2.07. The smallest absolute Gasteiger partial charge is 0.274 e. The topological polar surface area (TPSA) is 62.2 Å².